The van der Waals surface area contributed by atoms with E-state index in [1.165, 1.54) is 0 Å². The first-order valence-corrected chi connectivity index (χ1v) is 7.42. The average Bonchev–Trinajstić information content (AvgIpc) is 3.05. The number of amides is 1. The van der Waals surface area contributed by atoms with Crippen molar-refractivity contribution >= 4 is 11.9 Å². The third-order valence-electron chi connectivity index (χ3n) is 4.72. The maximum Gasteiger partial charge on any atom is 0.308 e. The van der Waals surface area contributed by atoms with Gasteiger partial charge in [0.25, 0.3) is 0 Å². The summed E-state index contributed by atoms with van der Waals surface area (Å²) in [5.41, 5.74) is 7.09. The van der Waals surface area contributed by atoms with Gasteiger partial charge in [-0.1, -0.05) is 30.3 Å². The molecule has 2 saturated heterocycles. The third kappa shape index (κ3) is 2.53. The highest BCUT2D eigenvalue weighted by Crippen LogP contribution is 2.42. The van der Waals surface area contributed by atoms with E-state index in [1.807, 2.05) is 30.3 Å². The van der Waals surface area contributed by atoms with Gasteiger partial charge in [-0.05, 0) is 31.2 Å². The van der Waals surface area contributed by atoms with Crippen molar-refractivity contribution in [1.29, 1.82) is 0 Å². The van der Waals surface area contributed by atoms with E-state index in [-0.39, 0.29) is 18.0 Å². The molecule has 0 aliphatic carbocycles. The molecular formula is C16H20N2O3. The molecule has 0 spiro atoms. The lowest BCUT2D eigenvalue weighted by Crippen LogP contribution is -2.48. The number of carbonyl (C=O) groups is 2. The number of nitrogens with zero attached hydrogens (tertiary/aromatic N) is 1. The Morgan fingerprint density at radius 1 is 1.29 bits per heavy atom. The van der Waals surface area contributed by atoms with E-state index in [9.17, 15) is 14.7 Å². The van der Waals surface area contributed by atoms with Gasteiger partial charge in [-0.2, -0.15) is 0 Å². The molecule has 3 N–H and O–H groups in total. The summed E-state index contributed by atoms with van der Waals surface area (Å²) in [5, 5.41) is 9.24. The fraction of sp³-hybridized carbons (Fsp3) is 0.500. The quantitative estimate of drug-likeness (QED) is 0.866. The minimum atomic E-state index is -0.795. The van der Waals surface area contributed by atoms with Gasteiger partial charge in [0.1, 0.15) is 0 Å². The summed E-state index contributed by atoms with van der Waals surface area (Å²) in [5.74, 6) is -1.32. The molecule has 2 aliphatic heterocycles. The predicted octanol–water partition coefficient (Wildman–Crippen LogP) is 1.02. The number of carboxylic acids is 1. The van der Waals surface area contributed by atoms with Gasteiger partial charge in [-0.25, -0.2) is 0 Å². The first-order valence-electron chi connectivity index (χ1n) is 7.42. The minimum Gasteiger partial charge on any atom is -0.481 e. The molecule has 21 heavy (non-hydrogen) atoms. The molecular weight excluding hydrogens is 268 g/mol. The summed E-state index contributed by atoms with van der Waals surface area (Å²) in [7, 11) is 0. The predicted molar refractivity (Wildman–Crippen MR) is 77.5 cm³/mol. The van der Waals surface area contributed by atoms with Crippen LogP contribution in [0.25, 0.3) is 0 Å². The van der Waals surface area contributed by atoms with Crippen molar-refractivity contribution in [1.82, 2.24) is 4.90 Å². The first-order chi connectivity index (χ1) is 10.1. The summed E-state index contributed by atoms with van der Waals surface area (Å²) < 4.78 is 0. The van der Waals surface area contributed by atoms with Gasteiger partial charge in [0.15, 0.2) is 0 Å². The molecule has 1 aromatic carbocycles. The summed E-state index contributed by atoms with van der Waals surface area (Å²) in [4.78, 5) is 25.6. The minimum absolute atomic E-state index is 0.0606. The maximum atomic E-state index is 12.6. The van der Waals surface area contributed by atoms with Gasteiger partial charge in [-0.3, -0.25) is 9.59 Å². The van der Waals surface area contributed by atoms with E-state index in [2.05, 4.69) is 0 Å². The van der Waals surface area contributed by atoms with Crippen LogP contribution in [0.1, 0.15) is 24.8 Å². The number of hydrogen-bond donors (Lipinski definition) is 2. The lowest BCUT2D eigenvalue weighted by atomic mass is 9.89. The summed E-state index contributed by atoms with van der Waals surface area (Å²) in [6, 6.07) is 8.97. The number of aliphatic carboxylic acids is 1. The van der Waals surface area contributed by atoms with Gasteiger partial charge in [0.05, 0.1) is 12.0 Å². The number of rotatable bonds is 4. The Bertz CT molecular complexity index is 546. The zero-order valence-electron chi connectivity index (χ0n) is 11.8. The first kappa shape index (κ1) is 14.1. The lowest BCUT2D eigenvalue weighted by Gasteiger charge is -2.26. The summed E-state index contributed by atoms with van der Waals surface area (Å²) in [6.45, 7) is 0. The number of carboxylic acid groups (broad SMARTS) is 1. The van der Waals surface area contributed by atoms with Gasteiger partial charge in [0.2, 0.25) is 5.91 Å². The van der Waals surface area contributed by atoms with Crippen molar-refractivity contribution in [2.75, 3.05) is 0 Å². The molecule has 0 radical (unpaired) electrons. The molecule has 3 rings (SSSR count). The molecule has 1 amide bonds. The Morgan fingerprint density at radius 2 is 2.00 bits per heavy atom. The normalized spacial score (nSPS) is 28.6. The molecule has 1 aromatic rings. The average molecular weight is 288 g/mol. The molecule has 0 saturated carbocycles. The van der Waals surface area contributed by atoms with Crippen LogP contribution in [0.2, 0.25) is 0 Å². The molecule has 2 bridgehead atoms. The number of benzene rings is 1. The van der Waals surface area contributed by atoms with E-state index in [1.54, 1.807) is 4.90 Å². The van der Waals surface area contributed by atoms with E-state index < -0.39 is 17.9 Å². The smallest absolute Gasteiger partial charge is 0.308 e. The third-order valence-corrected chi connectivity index (χ3v) is 4.72. The van der Waals surface area contributed by atoms with Crippen LogP contribution in [-0.2, 0) is 16.0 Å². The molecule has 5 heteroatoms. The van der Waals surface area contributed by atoms with Crippen LogP contribution >= 0.6 is 0 Å². The second kappa shape index (κ2) is 5.48. The number of carbonyl (C=O) groups excluding carboxylic acids is 1. The van der Waals surface area contributed by atoms with Crippen molar-refractivity contribution < 1.29 is 14.7 Å². The largest absolute Gasteiger partial charge is 0.481 e. The highest BCUT2D eigenvalue weighted by Gasteiger charge is 2.51. The Balaban J connectivity index is 1.69. The number of nitrogens with two attached hydrogens (primary N) is 1. The highest BCUT2D eigenvalue weighted by atomic mass is 16.4. The Morgan fingerprint density at radius 3 is 2.62 bits per heavy atom. The van der Waals surface area contributed by atoms with Crippen molar-refractivity contribution in [3.8, 4) is 0 Å². The molecule has 2 fully saturated rings. The van der Waals surface area contributed by atoms with Crippen LogP contribution in [-0.4, -0.2) is 40.0 Å². The van der Waals surface area contributed by atoms with Crippen molar-refractivity contribution in [3.05, 3.63) is 35.9 Å². The maximum absolute atomic E-state index is 12.6. The van der Waals surface area contributed by atoms with Crippen LogP contribution in [0, 0.1) is 5.92 Å². The number of hydrogen-bond acceptors (Lipinski definition) is 3. The topological polar surface area (TPSA) is 83.6 Å². The Hall–Kier alpha value is -1.88. The van der Waals surface area contributed by atoms with E-state index >= 15 is 0 Å². The molecule has 4 atom stereocenters. The highest BCUT2D eigenvalue weighted by molar-refractivity contribution is 5.85. The monoisotopic (exact) mass is 288 g/mol. The van der Waals surface area contributed by atoms with Crippen LogP contribution < -0.4 is 5.73 Å². The van der Waals surface area contributed by atoms with Crippen molar-refractivity contribution in [3.63, 3.8) is 0 Å². The summed E-state index contributed by atoms with van der Waals surface area (Å²) in [6.07, 6.45) is 2.75. The Kier molecular flexibility index (Phi) is 3.68. The van der Waals surface area contributed by atoms with Crippen molar-refractivity contribution in [2.45, 2.75) is 43.8 Å². The zero-order valence-corrected chi connectivity index (χ0v) is 11.8. The second-order valence-corrected chi connectivity index (χ2v) is 6.02. The SMILES string of the molecule is N[C@@H](Cc1ccccc1)C(=O)N1C2CCC1C(C(=O)O)C2. The van der Waals surface area contributed by atoms with E-state index in [0.29, 0.717) is 12.8 Å². The lowest BCUT2D eigenvalue weighted by molar-refractivity contribution is -0.143. The standard InChI is InChI=1S/C16H20N2O3/c17-13(8-10-4-2-1-3-5-10)15(19)18-11-6-7-14(18)12(9-11)16(20)21/h1-5,11-14H,6-9,17H2,(H,20,21)/t11?,12?,13-,14?/m0/s1. The molecule has 2 heterocycles. The van der Waals surface area contributed by atoms with Crippen LogP contribution in [0.5, 0.6) is 0 Å². The fourth-order valence-corrected chi connectivity index (χ4v) is 3.74. The second-order valence-electron chi connectivity index (χ2n) is 6.02. The fourth-order valence-electron chi connectivity index (χ4n) is 3.74. The van der Waals surface area contributed by atoms with Crippen molar-refractivity contribution in [2.24, 2.45) is 11.7 Å². The Labute approximate surface area is 123 Å². The summed E-state index contributed by atoms with van der Waals surface area (Å²) >= 11 is 0. The van der Waals surface area contributed by atoms with Crippen LogP contribution in [0.15, 0.2) is 30.3 Å². The van der Waals surface area contributed by atoms with Gasteiger partial charge < -0.3 is 15.7 Å². The van der Waals surface area contributed by atoms with Crippen LogP contribution in [0.3, 0.4) is 0 Å². The van der Waals surface area contributed by atoms with Gasteiger partial charge in [0, 0.05) is 12.1 Å². The van der Waals surface area contributed by atoms with E-state index in [4.69, 9.17) is 5.73 Å². The molecule has 2 aliphatic rings. The van der Waals surface area contributed by atoms with Gasteiger partial charge in [-0.15, -0.1) is 0 Å². The number of fused-ring (bicyclic) bond motifs is 2. The van der Waals surface area contributed by atoms with E-state index in [0.717, 1.165) is 18.4 Å². The molecule has 0 aromatic heterocycles. The van der Waals surface area contributed by atoms with Gasteiger partial charge >= 0.3 is 5.97 Å². The van der Waals surface area contributed by atoms with Crippen LogP contribution in [0.4, 0.5) is 0 Å². The molecule has 5 nitrogen and oxygen atoms in total. The zero-order chi connectivity index (χ0) is 15.0. The molecule has 3 unspecified atom stereocenters. The molecule has 112 valence electrons.